The van der Waals surface area contributed by atoms with Gasteiger partial charge in [-0.3, -0.25) is 9.69 Å². The summed E-state index contributed by atoms with van der Waals surface area (Å²) in [6.45, 7) is 0. The smallest absolute Gasteiger partial charge is 0.206 e. The van der Waals surface area contributed by atoms with Crippen molar-refractivity contribution in [2.75, 3.05) is 7.05 Å². The van der Waals surface area contributed by atoms with Gasteiger partial charge in [-0.1, -0.05) is 12.2 Å². The zero-order valence-corrected chi connectivity index (χ0v) is 13.0. The van der Waals surface area contributed by atoms with Crippen molar-refractivity contribution in [3.8, 4) is 0 Å². The van der Waals surface area contributed by atoms with Crippen LogP contribution >= 0.6 is 31.9 Å². The molecule has 0 saturated heterocycles. The van der Waals surface area contributed by atoms with Crippen LogP contribution in [0.25, 0.3) is 0 Å². The van der Waals surface area contributed by atoms with Gasteiger partial charge in [-0.25, -0.2) is 0 Å². The maximum absolute atomic E-state index is 11.5. The van der Waals surface area contributed by atoms with E-state index in [1.807, 2.05) is 24.3 Å². The fraction of sp³-hybridized carbons (Fsp3) is 0.0714. The number of halogens is 2. The van der Waals surface area contributed by atoms with Gasteiger partial charge in [-0.15, -0.1) is 0 Å². The summed E-state index contributed by atoms with van der Waals surface area (Å²) in [5.41, 5.74) is 2.12. The molecule has 1 N–H and O–H groups in total. The second-order valence-corrected chi connectivity index (χ2v) is 5.77. The van der Waals surface area contributed by atoms with Gasteiger partial charge in [0, 0.05) is 0 Å². The van der Waals surface area contributed by atoms with Crippen LogP contribution in [-0.2, 0) is 4.79 Å². The van der Waals surface area contributed by atoms with E-state index < -0.39 is 0 Å². The van der Waals surface area contributed by atoms with Gasteiger partial charge in [0.05, 0.1) is 28.4 Å². The van der Waals surface area contributed by atoms with Crippen LogP contribution in [0.15, 0.2) is 69.0 Å². The number of hydrogen-bond donors (Lipinski definition) is 1. The van der Waals surface area contributed by atoms with E-state index in [9.17, 15) is 4.79 Å². The topological polar surface area (TPSA) is 21.5 Å². The maximum atomic E-state index is 11.5. The molecular formula is C14H12Br2NO+. The lowest BCUT2D eigenvalue weighted by Gasteiger charge is -2.07. The number of rotatable bonds is 1. The van der Waals surface area contributed by atoms with Crippen molar-refractivity contribution in [2.45, 2.75) is 0 Å². The number of hydrogen-bond acceptors (Lipinski definition) is 1. The van der Waals surface area contributed by atoms with Gasteiger partial charge in [0.25, 0.3) is 0 Å². The summed E-state index contributed by atoms with van der Waals surface area (Å²) in [5, 5.41) is 0. The predicted octanol–water partition coefficient (Wildman–Crippen LogP) is 2.54. The number of ketones is 1. The van der Waals surface area contributed by atoms with Crippen LogP contribution in [0, 0.1) is 0 Å². The summed E-state index contributed by atoms with van der Waals surface area (Å²) in [6, 6.07) is 0. The molecule has 0 aromatic heterocycles. The molecule has 2 rings (SSSR count). The Morgan fingerprint density at radius 2 is 1.50 bits per heavy atom. The molecule has 0 amide bonds. The first kappa shape index (κ1) is 13.5. The van der Waals surface area contributed by atoms with E-state index in [0.29, 0.717) is 8.96 Å². The highest BCUT2D eigenvalue weighted by molar-refractivity contribution is 9.13. The SMILES string of the molecule is C[NH+]1C=CC(=CC=C2C=C(Br)C(=O)C(Br)=C2)C=C1. The van der Waals surface area contributed by atoms with Crippen molar-refractivity contribution in [1.29, 1.82) is 0 Å². The standard InChI is InChI=1S/C14H11Br2NO/c1-17-6-4-10(5-7-17)2-3-11-8-12(15)14(18)13(16)9-11/h2-9H,1H3/p+1. The highest BCUT2D eigenvalue weighted by Gasteiger charge is 2.15. The van der Waals surface area contributed by atoms with Crippen LogP contribution in [0.1, 0.15) is 0 Å². The Labute approximate surface area is 123 Å². The van der Waals surface area contributed by atoms with E-state index in [0.717, 1.165) is 11.1 Å². The van der Waals surface area contributed by atoms with Crippen molar-refractivity contribution in [2.24, 2.45) is 0 Å². The summed E-state index contributed by atoms with van der Waals surface area (Å²) in [5.74, 6) is -0.0255. The third-order valence-electron chi connectivity index (χ3n) is 2.57. The predicted molar refractivity (Wildman–Crippen MR) is 80.4 cm³/mol. The molecule has 0 saturated carbocycles. The van der Waals surface area contributed by atoms with Gasteiger partial charge in [0.15, 0.2) is 0 Å². The minimum absolute atomic E-state index is 0.0255. The Balaban J connectivity index is 2.21. The first-order valence-electron chi connectivity index (χ1n) is 5.47. The van der Waals surface area contributed by atoms with Gasteiger partial charge in [-0.2, -0.15) is 0 Å². The summed E-state index contributed by atoms with van der Waals surface area (Å²) >= 11 is 6.51. The lowest BCUT2D eigenvalue weighted by atomic mass is 10.1. The zero-order valence-electron chi connectivity index (χ0n) is 9.78. The van der Waals surface area contributed by atoms with E-state index in [-0.39, 0.29) is 5.78 Å². The number of carbonyl (C=O) groups is 1. The van der Waals surface area contributed by atoms with Crippen LogP contribution in [0.3, 0.4) is 0 Å². The number of quaternary nitrogens is 1. The molecule has 0 unspecified atom stereocenters. The van der Waals surface area contributed by atoms with E-state index in [2.05, 4.69) is 63.5 Å². The lowest BCUT2D eigenvalue weighted by molar-refractivity contribution is -0.766. The fourth-order valence-corrected chi connectivity index (χ4v) is 2.77. The third kappa shape index (κ3) is 3.28. The van der Waals surface area contributed by atoms with Crippen LogP contribution in [0.2, 0.25) is 0 Å². The molecule has 4 heteroatoms. The zero-order chi connectivity index (χ0) is 13.1. The molecular weight excluding hydrogens is 358 g/mol. The molecule has 18 heavy (non-hydrogen) atoms. The van der Waals surface area contributed by atoms with E-state index in [1.54, 1.807) is 0 Å². The van der Waals surface area contributed by atoms with Crippen LogP contribution in [-0.4, -0.2) is 12.8 Å². The number of carbonyl (C=O) groups excluding carboxylic acids is 1. The minimum atomic E-state index is -0.0255. The monoisotopic (exact) mass is 368 g/mol. The van der Waals surface area contributed by atoms with Crippen LogP contribution in [0.4, 0.5) is 0 Å². The normalized spacial score (nSPS) is 22.8. The van der Waals surface area contributed by atoms with Gasteiger partial charge in [0.1, 0.15) is 0 Å². The van der Waals surface area contributed by atoms with Gasteiger partial charge in [-0.05, 0) is 67.3 Å². The second kappa shape index (κ2) is 5.78. The average molecular weight is 370 g/mol. The van der Waals surface area contributed by atoms with Crippen molar-refractivity contribution in [1.82, 2.24) is 0 Å². The molecule has 1 aliphatic carbocycles. The summed E-state index contributed by atoms with van der Waals surface area (Å²) in [4.78, 5) is 12.8. The molecule has 2 nitrogen and oxygen atoms in total. The lowest BCUT2D eigenvalue weighted by Crippen LogP contribution is -2.99. The molecule has 2 aliphatic rings. The largest absolute Gasteiger partial charge is 0.287 e. The molecule has 0 radical (unpaired) electrons. The second-order valence-electron chi connectivity index (χ2n) is 4.06. The molecule has 0 spiro atoms. The molecule has 0 aromatic rings. The Morgan fingerprint density at radius 3 is 2.06 bits per heavy atom. The molecule has 0 atom stereocenters. The molecule has 0 aromatic carbocycles. The quantitative estimate of drug-likeness (QED) is 0.753. The number of Topliss-reactive ketones (excluding diaryl/α,β-unsaturated/α-hetero) is 1. The van der Waals surface area contributed by atoms with E-state index >= 15 is 0 Å². The minimum Gasteiger partial charge on any atom is -0.287 e. The van der Waals surface area contributed by atoms with Gasteiger partial charge in [0.2, 0.25) is 5.78 Å². The van der Waals surface area contributed by atoms with E-state index in [1.165, 1.54) is 4.90 Å². The fourth-order valence-electron chi connectivity index (χ4n) is 1.55. The first-order chi connectivity index (χ1) is 8.56. The van der Waals surface area contributed by atoms with Crippen molar-refractivity contribution < 1.29 is 9.69 Å². The first-order valence-corrected chi connectivity index (χ1v) is 7.05. The molecule has 1 heterocycles. The van der Waals surface area contributed by atoms with E-state index in [4.69, 9.17) is 0 Å². The van der Waals surface area contributed by atoms with Crippen molar-refractivity contribution in [3.63, 3.8) is 0 Å². The van der Waals surface area contributed by atoms with Gasteiger partial charge < -0.3 is 0 Å². The highest BCUT2D eigenvalue weighted by Crippen LogP contribution is 2.26. The molecule has 0 fully saturated rings. The number of allylic oxidation sites excluding steroid dienone is 10. The molecule has 92 valence electrons. The summed E-state index contributed by atoms with van der Waals surface area (Å²) in [7, 11) is 2.06. The Hall–Kier alpha value is -0.970. The van der Waals surface area contributed by atoms with Gasteiger partial charge >= 0.3 is 0 Å². The summed E-state index contributed by atoms with van der Waals surface area (Å²) < 4.78 is 1.14. The Bertz CT molecular complexity index is 522. The van der Waals surface area contributed by atoms with Crippen molar-refractivity contribution in [3.05, 3.63) is 69.0 Å². The Kier molecular flexibility index (Phi) is 4.32. The van der Waals surface area contributed by atoms with Crippen LogP contribution < -0.4 is 4.90 Å². The third-order valence-corrected chi connectivity index (χ3v) is 3.74. The van der Waals surface area contributed by atoms with Crippen LogP contribution in [0.5, 0.6) is 0 Å². The molecule has 1 aliphatic heterocycles. The Morgan fingerprint density at radius 1 is 1.00 bits per heavy atom. The summed E-state index contributed by atoms with van der Waals surface area (Å²) in [6.07, 6.45) is 15.9. The highest BCUT2D eigenvalue weighted by atomic mass is 79.9. The van der Waals surface area contributed by atoms with Crippen molar-refractivity contribution >= 4 is 37.6 Å². The number of nitrogens with one attached hydrogen (secondary N) is 1. The average Bonchev–Trinajstić information content (AvgIpc) is 2.35. The molecule has 0 bridgehead atoms. The maximum Gasteiger partial charge on any atom is 0.206 e.